The zero-order valence-electron chi connectivity index (χ0n) is 15.3. The number of anilines is 1. The van der Waals surface area contributed by atoms with E-state index < -0.39 is 17.3 Å². The number of carboxylic acid groups (broad SMARTS) is 1. The van der Waals surface area contributed by atoms with E-state index >= 15 is 0 Å². The van der Waals surface area contributed by atoms with E-state index in [2.05, 4.69) is 10.4 Å². The van der Waals surface area contributed by atoms with E-state index in [1.54, 1.807) is 17.9 Å². The topological polar surface area (TPSA) is 93.5 Å². The average Bonchev–Trinajstić information content (AvgIpc) is 2.75. The summed E-state index contributed by atoms with van der Waals surface area (Å²) in [4.78, 5) is 24.6. The molecular weight excluding hydrogens is 322 g/mol. The van der Waals surface area contributed by atoms with E-state index in [0.29, 0.717) is 30.3 Å². The molecule has 7 nitrogen and oxygen atoms in total. The van der Waals surface area contributed by atoms with Gasteiger partial charge in [-0.25, -0.2) is 0 Å². The van der Waals surface area contributed by atoms with Crippen molar-refractivity contribution in [3.8, 4) is 5.88 Å². The molecule has 2 fully saturated rings. The summed E-state index contributed by atoms with van der Waals surface area (Å²) in [5, 5.41) is 16.7. The summed E-state index contributed by atoms with van der Waals surface area (Å²) in [5.41, 5.74) is -0.817. The molecule has 2 aliphatic carbocycles. The molecule has 1 unspecified atom stereocenters. The minimum Gasteiger partial charge on any atom is -0.480 e. The second kappa shape index (κ2) is 6.04. The first-order valence-corrected chi connectivity index (χ1v) is 8.93. The molecule has 3 rings (SSSR count). The van der Waals surface area contributed by atoms with Crippen LogP contribution in [0.15, 0.2) is 6.20 Å². The first-order valence-electron chi connectivity index (χ1n) is 8.93. The van der Waals surface area contributed by atoms with Gasteiger partial charge in [-0.2, -0.15) is 0 Å². The van der Waals surface area contributed by atoms with Crippen LogP contribution >= 0.6 is 0 Å². The Kier molecular flexibility index (Phi) is 4.29. The molecule has 0 bridgehead atoms. The van der Waals surface area contributed by atoms with Crippen molar-refractivity contribution in [1.82, 2.24) is 9.78 Å². The molecule has 0 radical (unpaired) electrons. The number of aliphatic carboxylic acids is 1. The van der Waals surface area contributed by atoms with Crippen LogP contribution in [0.3, 0.4) is 0 Å². The van der Waals surface area contributed by atoms with Gasteiger partial charge in [-0.05, 0) is 43.9 Å². The van der Waals surface area contributed by atoms with Crippen LogP contribution < -0.4 is 10.1 Å². The third kappa shape index (κ3) is 3.00. The van der Waals surface area contributed by atoms with Gasteiger partial charge in [0.1, 0.15) is 17.2 Å². The Morgan fingerprint density at radius 1 is 1.32 bits per heavy atom. The Bertz CT molecular complexity index is 682. The van der Waals surface area contributed by atoms with Crippen LogP contribution in [-0.4, -0.2) is 32.9 Å². The molecule has 0 aliphatic heterocycles. The number of carbonyl (C=O) groups excluding carboxylic acids is 1. The third-order valence-corrected chi connectivity index (χ3v) is 5.89. The fourth-order valence-corrected chi connectivity index (χ4v) is 3.86. The first-order chi connectivity index (χ1) is 11.7. The lowest BCUT2D eigenvalue weighted by atomic mass is 9.45. The van der Waals surface area contributed by atoms with Gasteiger partial charge in [-0.3, -0.25) is 14.3 Å². The number of rotatable bonds is 6. The highest BCUT2D eigenvalue weighted by molar-refractivity contribution is 6.09. The van der Waals surface area contributed by atoms with Crippen molar-refractivity contribution in [3.05, 3.63) is 6.20 Å². The number of aromatic nitrogens is 2. The number of nitrogens with zero attached hydrogens (tertiary/aromatic N) is 2. The predicted octanol–water partition coefficient (Wildman–Crippen LogP) is 2.82. The molecule has 1 amide bonds. The summed E-state index contributed by atoms with van der Waals surface area (Å²) >= 11 is 0. The van der Waals surface area contributed by atoms with Crippen molar-refractivity contribution >= 4 is 17.6 Å². The lowest BCUT2D eigenvalue weighted by Gasteiger charge is -2.57. The van der Waals surface area contributed by atoms with Gasteiger partial charge in [0.05, 0.1) is 6.20 Å². The summed E-state index contributed by atoms with van der Waals surface area (Å²) in [5.74, 6) is -0.881. The van der Waals surface area contributed by atoms with Crippen LogP contribution in [0.4, 0.5) is 5.69 Å². The van der Waals surface area contributed by atoms with E-state index in [0.717, 1.165) is 19.3 Å². The molecule has 7 heteroatoms. The standard InChI is InChI=1S/C18H27N3O4/c1-11(2)12(3)25-14-13(8-21(4)20-14)19-15(22)18(16(23)24)9-17(10-18)6-5-7-17/h8,11-12H,5-7,9-10H2,1-4H3,(H,19,22)(H,23,24). The zero-order valence-corrected chi connectivity index (χ0v) is 15.3. The van der Waals surface area contributed by atoms with Crippen LogP contribution in [0, 0.1) is 16.7 Å². The van der Waals surface area contributed by atoms with Gasteiger partial charge in [0.15, 0.2) is 0 Å². The number of nitrogens with one attached hydrogen (secondary N) is 1. The summed E-state index contributed by atoms with van der Waals surface area (Å²) in [6.07, 6.45) is 5.63. The fourth-order valence-electron chi connectivity index (χ4n) is 3.86. The van der Waals surface area contributed by atoms with E-state index in [4.69, 9.17) is 4.74 Å². The van der Waals surface area contributed by atoms with Crippen molar-refractivity contribution in [2.75, 3.05) is 5.32 Å². The van der Waals surface area contributed by atoms with E-state index in [9.17, 15) is 14.7 Å². The summed E-state index contributed by atoms with van der Waals surface area (Å²) in [7, 11) is 1.74. The largest absolute Gasteiger partial charge is 0.480 e. The van der Waals surface area contributed by atoms with Crippen LogP contribution in [-0.2, 0) is 16.6 Å². The Morgan fingerprint density at radius 2 is 1.96 bits per heavy atom. The van der Waals surface area contributed by atoms with Crippen molar-refractivity contribution < 1.29 is 19.4 Å². The quantitative estimate of drug-likeness (QED) is 0.770. The number of ether oxygens (including phenoxy) is 1. The van der Waals surface area contributed by atoms with Crippen molar-refractivity contribution in [1.29, 1.82) is 0 Å². The van der Waals surface area contributed by atoms with Gasteiger partial charge < -0.3 is 15.2 Å². The molecule has 138 valence electrons. The number of hydrogen-bond donors (Lipinski definition) is 2. The summed E-state index contributed by atoms with van der Waals surface area (Å²) < 4.78 is 7.39. The monoisotopic (exact) mass is 349 g/mol. The number of carbonyl (C=O) groups is 2. The second-order valence-corrected chi connectivity index (χ2v) is 8.14. The highest BCUT2D eigenvalue weighted by Gasteiger charge is 2.65. The number of amides is 1. The molecule has 1 spiro atoms. The Hall–Kier alpha value is -2.05. The molecule has 1 aromatic rings. The smallest absolute Gasteiger partial charge is 0.319 e. The minimum atomic E-state index is -1.32. The molecule has 2 aliphatic rings. The molecule has 1 aromatic heterocycles. The van der Waals surface area contributed by atoms with E-state index in [1.165, 1.54) is 0 Å². The number of aryl methyl sites for hydroxylation is 1. The zero-order chi connectivity index (χ0) is 18.4. The Morgan fingerprint density at radius 3 is 2.44 bits per heavy atom. The predicted molar refractivity (Wildman–Crippen MR) is 92.4 cm³/mol. The SMILES string of the molecule is CC(C)C(C)Oc1nn(C)cc1NC(=O)C1(C(=O)O)CC2(CCC2)C1. The highest BCUT2D eigenvalue weighted by atomic mass is 16.5. The van der Waals surface area contributed by atoms with E-state index in [1.807, 2.05) is 20.8 Å². The number of hydrogen-bond acceptors (Lipinski definition) is 4. The van der Waals surface area contributed by atoms with Crippen molar-refractivity contribution in [2.24, 2.45) is 23.8 Å². The molecule has 2 saturated carbocycles. The summed E-state index contributed by atoms with van der Waals surface area (Å²) in [6.45, 7) is 6.02. The second-order valence-electron chi connectivity index (χ2n) is 8.14. The molecule has 2 N–H and O–H groups in total. The van der Waals surface area contributed by atoms with Gasteiger partial charge in [-0.15, -0.1) is 5.10 Å². The van der Waals surface area contributed by atoms with Gasteiger partial charge in [0, 0.05) is 7.05 Å². The lowest BCUT2D eigenvalue weighted by Crippen LogP contribution is -2.59. The Labute approximate surface area is 147 Å². The van der Waals surface area contributed by atoms with Gasteiger partial charge >= 0.3 is 5.97 Å². The van der Waals surface area contributed by atoms with Crippen LogP contribution in [0.25, 0.3) is 0 Å². The normalized spacial score (nSPS) is 21.3. The molecule has 0 saturated heterocycles. The lowest BCUT2D eigenvalue weighted by molar-refractivity contribution is -0.178. The highest BCUT2D eigenvalue weighted by Crippen LogP contribution is 2.64. The van der Waals surface area contributed by atoms with Gasteiger partial charge in [0.2, 0.25) is 5.91 Å². The van der Waals surface area contributed by atoms with Crippen molar-refractivity contribution in [2.45, 2.75) is 59.0 Å². The van der Waals surface area contributed by atoms with Crippen LogP contribution in [0.2, 0.25) is 0 Å². The number of carboxylic acids is 1. The first kappa shape index (κ1) is 17.8. The molecular formula is C18H27N3O4. The minimum absolute atomic E-state index is 0.0686. The maximum atomic E-state index is 12.8. The fraction of sp³-hybridized carbons (Fsp3) is 0.722. The maximum absolute atomic E-state index is 12.8. The van der Waals surface area contributed by atoms with Crippen LogP contribution in [0.5, 0.6) is 5.88 Å². The average molecular weight is 349 g/mol. The van der Waals surface area contributed by atoms with E-state index in [-0.39, 0.29) is 11.5 Å². The molecule has 25 heavy (non-hydrogen) atoms. The summed E-state index contributed by atoms with van der Waals surface area (Å²) in [6, 6.07) is 0. The Balaban J connectivity index is 1.75. The van der Waals surface area contributed by atoms with Crippen LogP contribution in [0.1, 0.15) is 52.9 Å². The van der Waals surface area contributed by atoms with Crippen molar-refractivity contribution in [3.63, 3.8) is 0 Å². The van der Waals surface area contributed by atoms with Gasteiger partial charge in [0.25, 0.3) is 5.88 Å². The third-order valence-electron chi connectivity index (χ3n) is 5.89. The molecule has 1 heterocycles. The maximum Gasteiger partial charge on any atom is 0.319 e. The molecule has 0 aromatic carbocycles. The van der Waals surface area contributed by atoms with Gasteiger partial charge in [-0.1, -0.05) is 20.3 Å². The molecule has 1 atom stereocenters.